The summed E-state index contributed by atoms with van der Waals surface area (Å²) in [6.07, 6.45) is 2.50. The number of rotatable bonds is 5. The van der Waals surface area contributed by atoms with Gasteiger partial charge in [0.15, 0.2) is 0 Å². The van der Waals surface area contributed by atoms with Crippen LogP contribution in [0.25, 0.3) is 6.08 Å². The summed E-state index contributed by atoms with van der Waals surface area (Å²) in [6, 6.07) is 14.0. The molecule has 1 aliphatic rings. The van der Waals surface area contributed by atoms with Crippen LogP contribution in [0.4, 0.5) is 9.18 Å². The highest BCUT2D eigenvalue weighted by atomic mass is 79.9. The van der Waals surface area contributed by atoms with Gasteiger partial charge in [-0.15, -0.1) is 0 Å². The van der Waals surface area contributed by atoms with Gasteiger partial charge in [-0.05, 0) is 64.8 Å². The second-order valence-electron chi connectivity index (χ2n) is 6.36. The molecule has 0 saturated carbocycles. The van der Waals surface area contributed by atoms with Crippen LogP contribution in [-0.2, 0) is 11.3 Å². The molecule has 0 atom stereocenters. The van der Waals surface area contributed by atoms with Gasteiger partial charge in [0.05, 0.1) is 17.6 Å². The van der Waals surface area contributed by atoms with E-state index in [-0.39, 0.29) is 39.5 Å². The van der Waals surface area contributed by atoms with Crippen LogP contribution < -0.4 is 4.74 Å². The lowest BCUT2D eigenvalue weighted by atomic mass is 10.2. The van der Waals surface area contributed by atoms with Gasteiger partial charge in [-0.2, -0.15) is 9.37 Å². The molecule has 1 fully saturated rings. The quantitative estimate of drug-likeness (QED) is 0.301. The molecule has 1 saturated heterocycles. The number of carbonyl (C=O) groups is 2. The third kappa shape index (κ3) is 5.12. The van der Waals surface area contributed by atoms with Gasteiger partial charge >= 0.3 is 0 Å². The third-order valence-electron chi connectivity index (χ3n) is 4.18. The molecule has 0 spiro atoms. The molecule has 10 heteroatoms. The number of halogens is 3. The van der Waals surface area contributed by atoms with Gasteiger partial charge in [0, 0.05) is 4.47 Å². The largest absolute Gasteiger partial charge is 0.436 e. The van der Waals surface area contributed by atoms with Crippen molar-refractivity contribution in [2.75, 3.05) is 0 Å². The Kier molecular flexibility index (Phi) is 6.35. The first-order valence-corrected chi connectivity index (χ1v) is 10.8. The molecule has 0 aliphatic carbocycles. The molecule has 6 nitrogen and oxygen atoms in total. The number of amides is 2. The van der Waals surface area contributed by atoms with Crippen molar-refractivity contribution in [3.05, 3.63) is 86.3 Å². The molecule has 2 heterocycles. The second-order valence-corrected chi connectivity index (χ2v) is 8.61. The summed E-state index contributed by atoms with van der Waals surface area (Å²) in [5.41, 5.74) is 1.44. The fraction of sp³-hybridized carbons (Fsp3) is 0.0476. The van der Waals surface area contributed by atoms with E-state index in [1.165, 1.54) is 4.90 Å². The second kappa shape index (κ2) is 9.17. The number of imide groups is 1. The number of ether oxygens (including phenoxy) is 1. The van der Waals surface area contributed by atoms with Crippen LogP contribution in [-0.4, -0.2) is 26.0 Å². The number of nitrogens with zero attached hydrogens (tertiary/aromatic N) is 3. The van der Waals surface area contributed by atoms with Crippen LogP contribution in [0.15, 0.2) is 64.1 Å². The van der Waals surface area contributed by atoms with Gasteiger partial charge in [-0.1, -0.05) is 40.2 Å². The fourth-order valence-electron chi connectivity index (χ4n) is 2.74. The van der Waals surface area contributed by atoms with E-state index in [1.54, 1.807) is 30.3 Å². The maximum absolute atomic E-state index is 13.8. The van der Waals surface area contributed by atoms with Crippen molar-refractivity contribution in [1.29, 1.82) is 0 Å². The maximum atomic E-state index is 13.8. The number of benzene rings is 2. The van der Waals surface area contributed by atoms with Gasteiger partial charge < -0.3 is 4.74 Å². The Morgan fingerprint density at radius 2 is 1.97 bits per heavy atom. The molecule has 1 aliphatic heterocycles. The Morgan fingerprint density at radius 3 is 2.74 bits per heavy atom. The highest BCUT2D eigenvalue weighted by molar-refractivity contribution is 9.10. The fourth-order valence-corrected chi connectivity index (χ4v) is 3.97. The molecule has 4 rings (SSSR count). The van der Waals surface area contributed by atoms with Gasteiger partial charge in [-0.25, -0.2) is 4.98 Å². The number of hydrogen-bond acceptors (Lipinski definition) is 6. The average molecular weight is 521 g/mol. The van der Waals surface area contributed by atoms with Crippen LogP contribution in [0.2, 0.25) is 5.28 Å². The average Bonchev–Trinajstić information content (AvgIpc) is 3.00. The zero-order chi connectivity index (χ0) is 22.0. The number of carbonyl (C=O) groups excluding carboxylic acids is 2. The lowest BCUT2D eigenvalue weighted by molar-refractivity contribution is -0.123. The highest BCUT2D eigenvalue weighted by Crippen LogP contribution is 2.34. The number of hydrogen-bond donors (Lipinski definition) is 0. The minimum absolute atomic E-state index is 0.146. The lowest BCUT2D eigenvalue weighted by Gasteiger charge is -2.12. The Hall–Kier alpha value is -2.75. The molecule has 156 valence electrons. The molecule has 0 bridgehead atoms. The maximum Gasteiger partial charge on any atom is 0.293 e. The van der Waals surface area contributed by atoms with Crippen LogP contribution in [0, 0.1) is 5.82 Å². The Bertz CT molecular complexity index is 1210. The molecule has 2 aromatic carbocycles. The van der Waals surface area contributed by atoms with Gasteiger partial charge in [0.2, 0.25) is 11.1 Å². The first-order valence-electron chi connectivity index (χ1n) is 8.85. The topological polar surface area (TPSA) is 72.4 Å². The zero-order valence-electron chi connectivity index (χ0n) is 15.6. The zero-order valence-corrected chi connectivity index (χ0v) is 18.7. The summed E-state index contributed by atoms with van der Waals surface area (Å²) >= 11 is 9.90. The molecular formula is C21H12BrClFN3O3S. The van der Waals surface area contributed by atoms with Gasteiger partial charge in [0.1, 0.15) is 5.75 Å². The van der Waals surface area contributed by atoms with Crippen molar-refractivity contribution in [1.82, 2.24) is 14.9 Å². The van der Waals surface area contributed by atoms with Crippen LogP contribution in [0.3, 0.4) is 0 Å². The van der Waals surface area contributed by atoms with Gasteiger partial charge in [0.25, 0.3) is 17.0 Å². The van der Waals surface area contributed by atoms with E-state index in [1.807, 2.05) is 24.3 Å². The minimum atomic E-state index is -0.760. The van der Waals surface area contributed by atoms with E-state index in [2.05, 4.69) is 25.9 Å². The smallest absolute Gasteiger partial charge is 0.293 e. The minimum Gasteiger partial charge on any atom is -0.436 e. The van der Waals surface area contributed by atoms with Crippen molar-refractivity contribution < 1.29 is 18.7 Å². The Morgan fingerprint density at radius 1 is 1.19 bits per heavy atom. The first-order chi connectivity index (χ1) is 14.9. The predicted molar refractivity (Wildman–Crippen MR) is 119 cm³/mol. The van der Waals surface area contributed by atoms with Crippen molar-refractivity contribution in [2.24, 2.45) is 0 Å². The van der Waals surface area contributed by atoms with Crippen molar-refractivity contribution in [2.45, 2.75) is 6.54 Å². The molecular weight excluding hydrogens is 509 g/mol. The summed E-state index contributed by atoms with van der Waals surface area (Å²) in [4.78, 5) is 33.8. The Balaban J connectivity index is 1.52. The Labute approximate surface area is 194 Å². The molecule has 2 amide bonds. The standard InChI is InChI=1S/C21H12BrClFN3O3S/c22-14-6-4-12(5-7-14)11-27-19(28)17(31-21(27)29)9-13-2-1-3-15(8-13)30-18-16(24)10-25-20(23)26-18/h1-10H,11H2/b17-9+. The lowest BCUT2D eigenvalue weighted by Crippen LogP contribution is -2.27. The summed E-state index contributed by atoms with van der Waals surface area (Å²) in [6.45, 7) is 0.187. The molecule has 0 unspecified atom stereocenters. The van der Waals surface area contributed by atoms with Crippen molar-refractivity contribution >= 4 is 56.5 Å². The van der Waals surface area contributed by atoms with E-state index in [0.29, 0.717) is 5.56 Å². The monoisotopic (exact) mass is 519 g/mol. The number of aromatic nitrogens is 2. The van der Waals surface area contributed by atoms with Crippen LogP contribution in [0.1, 0.15) is 11.1 Å². The summed E-state index contributed by atoms with van der Waals surface area (Å²) < 4.78 is 20.2. The molecule has 31 heavy (non-hydrogen) atoms. The van der Waals surface area contributed by atoms with Gasteiger partial charge in [-0.3, -0.25) is 14.5 Å². The van der Waals surface area contributed by atoms with Crippen molar-refractivity contribution in [3.8, 4) is 11.6 Å². The summed E-state index contributed by atoms with van der Waals surface area (Å²) in [5, 5.41) is -0.490. The first kappa shape index (κ1) is 21.5. The third-order valence-corrected chi connectivity index (χ3v) is 5.80. The highest BCUT2D eigenvalue weighted by Gasteiger charge is 2.35. The van der Waals surface area contributed by atoms with E-state index in [0.717, 1.165) is 28.0 Å². The predicted octanol–water partition coefficient (Wildman–Crippen LogP) is 6.06. The molecule has 1 aromatic heterocycles. The van der Waals surface area contributed by atoms with E-state index in [9.17, 15) is 14.0 Å². The van der Waals surface area contributed by atoms with Crippen LogP contribution >= 0.6 is 39.3 Å². The SMILES string of the molecule is O=C1S/C(=C/c2cccc(Oc3nc(Cl)ncc3F)c2)C(=O)N1Cc1ccc(Br)cc1. The van der Waals surface area contributed by atoms with Crippen molar-refractivity contribution in [3.63, 3.8) is 0 Å². The van der Waals surface area contributed by atoms with E-state index in [4.69, 9.17) is 16.3 Å². The van der Waals surface area contributed by atoms with Crippen LogP contribution in [0.5, 0.6) is 11.6 Å². The number of thioether (sulfide) groups is 1. The molecule has 3 aromatic rings. The van der Waals surface area contributed by atoms with E-state index < -0.39 is 5.82 Å². The normalized spacial score (nSPS) is 15.1. The van der Waals surface area contributed by atoms with E-state index >= 15 is 0 Å². The molecule has 0 radical (unpaired) electrons. The summed E-state index contributed by atoms with van der Waals surface area (Å²) in [5.74, 6) is -1.16. The molecule has 0 N–H and O–H groups in total. The summed E-state index contributed by atoms with van der Waals surface area (Å²) in [7, 11) is 0.